The van der Waals surface area contributed by atoms with Crippen molar-refractivity contribution in [2.45, 2.75) is 31.3 Å². The number of aliphatic carboxylic acids is 1. The maximum Gasteiger partial charge on any atom is 0.320 e. The Labute approximate surface area is 151 Å². The standard InChI is InChI=1S/C19H19Cl2NO2/c20-14-9-10-15(16(21)12-14)18(13-6-2-1-3-7-13)22-11-5-4-8-17(22)19(23)24/h1-3,6-7,9-10,12,17-18H,4-5,8,11H2,(H,23,24). The van der Waals surface area contributed by atoms with Crippen LogP contribution in [0.4, 0.5) is 0 Å². The molecule has 2 aromatic rings. The number of nitrogens with zero attached hydrogens (tertiary/aromatic N) is 1. The Morgan fingerprint density at radius 2 is 1.88 bits per heavy atom. The minimum absolute atomic E-state index is 0.197. The number of carboxylic acids is 1. The number of carbonyl (C=O) groups is 1. The van der Waals surface area contributed by atoms with Crippen LogP contribution in [0.5, 0.6) is 0 Å². The number of carboxylic acid groups (broad SMARTS) is 1. The van der Waals surface area contributed by atoms with Gasteiger partial charge in [0.1, 0.15) is 6.04 Å². The maximum atomic E-state index is 11.8. The highest BCUT2D eigenvalue weighted by atomic mass is 35.5. The van der Waals surface area contributed by atoms with Crippen molar-refractivity contribution in [2.24, 2.45) is 0 Å². The van der Waals surface area contributed by atoms with E-state index in [0.29, 0.717) is 16.5 Å². The summed E-state index contributed by atoms with van der Waals surface area (Å²) in [6.45, 7) is 0.732. The van der Waals surface area contributed by atoms with Crippen LogP contribution in [0.25, 0.3) is 0 Å². The predicted octanol–water partition coefficient (Wildman–Crippen LogP) is 5.02. The summed E-state index contributed by atoms with van der Waals surface area (Å²) in [6.07, 6.45) is 2.57. The van der Waals surface area contributed by atoms with E-state index in [4.69, 9.17) is 23.2 Å². The van der Waals surface area contributed by atoms with Crippen LogP contribution in [0.15, 0.2) is 48.5 Å². The summed E-state index contributed by atoms with van der Waals surface area (Å²) in [4.78, 5) is 13.8. The summed E-state index contributed by atoms with van der Waals surface area (Å²) < 4.78 is 0. The predicted molar refractivity (Wildman–Crippen MR) is 96.7 cm³/mol. The first kappa shape index (κ1) is 17.3. The van der Waals surface area contributed by atoms with Gasteiger partial charge in [-0.3, -0.25) is 9.69 Å². The molecule has 1 aliphatic heterocycles. The first-order valence-electron chi connectivity index (χ1n) is 8.06. The Morgan fingerprint density at radius 1 is 1.12 bits per heavy atom. The fraction of sp³-hybridized carbons (Fsp3) is 0.316. The molecule has 0 radical (unpaired) electrons. The lowest BCUT2D eigenvalue weighted by atomic mass is 9.91. The van der Waals surface area contributed by atoms with Gasteiger partial charge in [-0.2, -0.15) is 0 Å². The van der Waals surface area contributed by atoms with Crippen molar-refractivity contribution in [3.8, 4) is 0 Å². The first-order chi connectivity index (χ1) is 11.6. The molecule has 0 aliphatic carbocycles. The van der Waals surface area contributed by atoms with Gasteiger partial charge in [0.05, 0.1) is 6.04 Å². The van der Waals surface area contributed by atoms with Crippen molar-refractivity contribution in [3.63, 3.8) is 0 Å². The average Bonchev–Trinajstić information content (AvgIpc) is 2.58. The lowest BCUT2D eigenvalue weighted by Crippen LogP contribution is -2.46. The Balaban J connectivity index is 2.10. The molecule has 2 aromatic carbocycles. The summed E-state index contributed by atoms with van der Waals surface area (Å²) in [7, 11) is 0. The summed E-state index contributed by atoms with van der Waals surface area (Å²) >= 11 is 12.5. The molecule has 126 valence electrons. The molecule has 0 aromatic heterocycles. The lowest BCUT2D eigenvalue weighted by molar-refractivity contribution is -0.145. The highest BCUT2D eigenvalue weighted by Crippen LogP contribution is 2.38. The second kappa shape index (κ2) is 7.56. The minimum atomic E-state index is -0.777. The quantitative estimate of drug-likeness (QED) is 0.828. The molecule has 0 saturated carbocycles. The third-order valence-electron chi connectivity index (χ3n) is 4.53. The van der Waals surface area contributed by atoms with E-state index in [-0.39, 0.29) is 6.04 Å². The molecular formula is C19H19Cl2NO2. The van der Waals surface area contributed by atoms with E-state index in [0.717, 1.165) is 30.5 Å². The zero-order chi connectivity index (χ0) is 17.1. The molecule has 2 atom stereocenters. The smallest absolute Gasteiger partial charge is 0.320 e. The molecule has 5 heteroatoms. The highest BCUT2D eigenvalue weighted by molar-refractivity contribution is 6.35. The first-order valence-corrected chi connectivity index (χ1v) is 8.82. The van der Waals surface area contributed by atoms with E-state index in [9.17, 15) is 9.90 Å². The number of rotatable bonds is 4. The Kier molecular flexibility index (Phi) is 5.44. The number of hydrogen-bond acceptors (Lipinski definition) is 2. The van der Waals surface area contributed by atoms with E-state index < -0.39 is 12.0 Å². The second-order valence-electron chi connectivity index (χ2n) is 6.07. The summed E-state index contributed by atoms with van der Waals surface area (Å²) in [6, 6.07) is 14.6. The van der Waals surface area contributed by atoms with Crippen LogP contribution >= 0.6 is 23.2 Å². The summed E-state index contributed by atoms with van der Waals surface area (Å²) in [5.74, 6) is -0.777. The van der Waals surface area contributed by atoms with E-state index in [1.54, 1.807) is 12.1 Å². The molecule has 0 spiro atoms. The molecule has 1 N–H and O–H groups in total. The van der Waals surface area contributed by atoms with Gasteiger partial charge < -0.3 is 5.11 Å². The number of hydrogen-bond donors (Lipinski definition) is 1. The second-order valence-corrected chi connectivity index (χ2v) is 6.91. The molecule has 24 heavy (non-hydrogen) atoms. The van der Waals surface area contributed by atoms with Gasteiger partial charge in [0.15, 0.2) is 0 Å². The van der Waals surface area contributed by atoms with E-state index in [1.165, 1.54) is 0 Å². The van der Waals surface area contributed by atoms with Crippen molar-refractivity contribution >= 4 is 29.2 Å². The van der Waals surface area contributed by atoms with Gasteiger partial charge in [-0.25, -0.2) is 0 Å². The van der Waals surface area contributed by atoms with E-state index in [2.05, 4.69) is 4.90 Å². The monoisotopic (exact) mass is 363 g/mol. The third kappa shape index (κ3) is 3.59. The van der Waals surface area contributed by atoms with Gasteiger partial charge in [-0.05, 0) is 42.6 Å². The van der Waals surface area contributed by atoms with Crippen LogP contribution in [0, 0.1) is 0 Å². The van der Waals surface area contributed by atoms with Crippen molar-refractivity contribution in [3.05, 3.63) is 69.7 Å². The summed E-state index contributed by atoms with van der Waals surface area (Å²) in [5.41, 5.74) is 1.93. The number of likely N-dealkylation sites (tertiary alicyclic amines) is 1. The largest absolute Gasteiger partial charge is 0.480 e. The van der Waals surface area contributed by atoms with Crippen LogP contribution in [-0.4, -0.2) is 28.6 Å². The Hall–Kier alpha value is -1.55. The van der Waals surface area contributed by atoms with Crippen LogP contribution in [0.1, 0.15) is 36.4 Å². The fourth-order valence-electron chi connectivity index (χ4n) is 3.44. The highest BCUT2D eigenvalue weighted by Gasteiger charge is 2.35. The van der Waals surface area contributed by atoms with Crippen molar-refractivity contribution in [1.29, 1.82) is 0 Å². The average molecular weight is 364 g/mol. The molecule has 1 aliphatic rings. The zero-order valence-electron chi connectivity index (χ0n) is 13.2. The van der Waals surface area contributed by atoms with Crippen LogP contribution < -0.4 is 0 Å². The van der Waals surface area contributed by atoms with Crippen LogP contribution in [0.3, 0.4) is 0 Å². The molecule has 1 heterocycles. The van der Waals surface area contributed by atoms with Crippen molar-refractivity contribution in [1.82, 2.24) is 4.90 Å². The van der Waals surface area contributed by atoms with E-state index in [1.807, 2.05) is 36.4 Å². The SMILES string of the molecule is O=C(O)C1CCCCN1C(c1ccccc1)c1ccc(Cl)cc1Cl. The molecule has 0 bridgehead atoms. The normalized spacial score (nSPS) is 19.8. The fourth-order valence-corrected chi connectivity index (χ4v) is 3.95. The van der Waals surface area contributed by atoms with E-state index >= 15 is 0 Å². The van der Waals surface area contributed by atoms with Gasteiger partial charge >= 0.3 is 5.97 Å². The van der Waals surface area contributed by atoms with Gasteiger partial charge in [-0.1, -0.05) is 66.0 Å². The molecule has 0 amide bonds. The van der Waals surface area contributed by atoms with Crippen LogP contribution in [0.2, 0.25) is 10.0 Å². The molecule has 1 fully saturated rings. The van der Waals surface area contributed by atoms with Crippen LogP contribution in [-0.2, 0) is 4.79 Å². The summed E-state index contributed by atoms with van der Waals surface area (Å²) in [5, 5.41) is 10.8. The number of benzene rings is 2. The Bertz CT molecular complexity index is 721. The molecule has 1 saturated heterocycles. The molecule has 3 rings (SSSR count). The van der Waals surface area contributed by atoms with Crippen molar-refractivity contribution < 1.29 is 9.90 Å². The maximum absolute atomic E-state index is 11.8. The molecular weight excluding hydrogens is 345 g/mol. The topological polar surface area (TPSA) is 40.5 Å². The van der Waals surface area contributed by atoms with Gasteiger partial charge in [-0.15, -0.1) is 0 Å². The third-order valence-corrected chi connectivity index (χ3v) is 5.10. The minimum Gasteiger partial charge on any atom is -0.480 e. The zero-order valence-corrected chi connectivity index (χ0v) is 14.7. The van der Waals surface area contributed by atoms with Gasteiger partial charge in [0, 0.05) is 10.0 Å². The van der Waals surface area contributed by atoms with Gasteiger partial charge in [0.25, 0.3) is 0 Å². The molecule has 2 unspecified atom stereocenters. The number of halogens is 2. The van der Waals surface area contributed by atoms with Gasteiger partial charge in [0.2, 0.25) is 0 Å². The molecule has 3 nitrogen and oxygen atoms in total. The van der Waals surface area contributed by atoms with Crippen molar-refractivity contribution in [2.75, 3.05) is 6.54 Å². The number of piperidine rings is 1. The Morgan fingerprint density at radius 3 is 2.54 bits per heavy atom. The lowest BCUT2D eigenvalue weighted by Gasteiger charge is -2.40.